The highest BCUT2D eigenvalue weighted by molar-refractivity contribution is 14.1. The number of carbonyl (C=O) groups is 1. The maximum Gasteiger partial charge on any atom is 0.340 e. The first-order chi connectivity index (χ1) is 8.02. The minimum absolute atomic E-state index is 0.0462. The van der Waals surface area contributed by atoms with E-state index < -0.39 is 18.1 Å². The largest absolute Gasteiger partial charge is 0.462 e. The van der Waals surface area contributed by atoms with Crippen LogP contribution in [0.2, 0.25) is 0 Å². The van der Waals surface area contributed by atoms with Gasteiger partial charge < -0.3 is 4.74 Å². The smallest absolute Gasteiger partial charge is 0.340 e. The van der Waals surface area contributed by atoms with Gasteiger partial charge in [0, 0.05) is 6.20 Å². The Morgan fingerprint density at radius 3 is 2.82 bits per heavy atom. The maximum absolute atomic E-state index is 12.6. The quantitative estimate of drug-likeness (QED) is 0.620. The molecular formula is C10H7F2IN2O2. The van der Waals surface area contributed by atoms with Crippen LogP contribution in [0.1, 0.15) is 35.0 Å². The molecule has 1 aromatic heterocycles. The van der Waals surface area contributed by atoms with E-state index in [1.54, 1.807) is 35.6 Å². The average Bonchev–Trinajstić information content (AvgIpc) is 2.27. The van der Waals surface area contributed by atoms with Crippen molar-refractivity contribution in [3.05, 3.63) is 26.6 Å². The summed E-state index contributed by atoms with van der Waals surface area (Å²) in [6.07, 6.45) is -1.85. The van der Waals surface area contributed by atoms with E-state index in [0.717, 1.165) is 6.20 Å². The molecule has 0 atom stereocenters. The van der Waals surface area contributed by atoms with E-state index in [-0.39, 0.29) is 21.3 Å². The van der Waals surface area contributed by atoms with Gasteiger partial charge in [-0.2, -0.15) is 5.26 Å². The normalized spacial score (nSPS) is 10.1. The van der Waals surface area contributed by atoms with Gasteiger partial charge in [0.2, 0.25) is 0 Å². The van der Waals surface area contributed by atoms with Crippen LogP contribution in [0, 0.1) is 14.9 Å². The number of carbonyl (C=O) groups excluding carboxylic acids is 1. The first-order valence-electron chi connectivity index (χ1n) is 4.56. The standard InChI is InChI=1S/C10H7F2IN2O2/c1-2-17-10(16)6-5(3-14)4-15-8(7(6)13)9(11)12/h4,9H,2H2,1H3. The van der Waals surface area contributed by atoms with Gasteiger partial charge in [-0.05, 0) is 29.5 Å². The Bertz CT molecular complexity index is 486. The van der Waals surface area contributed by atoms with Crippen molar-refractivity contribution in [1.82, 2.24) is 4.98 Å². The number of nitriles is 1. The Morgan fingerprint density at radius 1 is 1.71 bits per heavy atom. The van der Waals surface area contributed by atoms with Gasteiger partial charge >= 0.3 is 5.97 Å². The summed E-state index contributed by atoms with van der Waals surface area (Å²) in [7, 11) is 0. The Labute approximate surface area is 110 Å². The second-order valence-electron chi connectivity index (χ2n) is 2.88. The molecule has 0 aliphatic carbocycles. The lowest BCUT2D eigenvalue weighted by atomic mass is 10.1. The Balaban J connectivity index is 3.39. The summed E-state index contributed by atoms with van der Waals surface area (Å²) in [6.45, 7) is 1.69. The lowest BCUT2D eigenvalue weighted by molar-refractivity contribution is 0.0523. The fourth-order valence-corrected chi connectivity index (χ4v) is 2.03. The lowest BCUT2D eigenvalue weighted by Gasteiger charge is -2.09. The summed E-state index contributed by atoms with van der Waals surface area (Å²) < 4.78 is 29.9. The van der Waals surface area contributed by atoms with Crippen molar-refractivity contribution in [1.29, 1.82) is 5.26 Å². The van der Waals surface area contributed by atoms with Gasteiger partial charge in [-0.3, -0.25) is 4.98 Å². The first kappa shape index (κ1) is 13.8. The molecule has 1 aromatic rings. The summed E-state index contributed by atoms with van der Waals surface area (Å²) >= 11 is 1.57. The third kappa shape index (κ3) is 2.88. The van der Waals surface area contributed by atoms with E-state index in [4.69, 9.17) is 10.00 Å². The minimum Gasteiger partial charge on any atom is -0.462 e. The zero-order valence-electron chi connectivity index (χ0n) is 8.71. The van der Waals surface area contributed by atoms with Crippen molar-refractivity contribution < 1.29 is 18.3 Å². The monoisotopic (exact) mass is 352 g/mol. The van der Waals surface area contributed by atoms with Crippen LogP contribution in [-0.4, -0.2) is 17.6 Å². The number of aromatic nitrogens is 1. The molecule has 17 heavy (non-hydrogen) atoms. The van der Waals surface area contributed by atoms with Crippen LogP contribution in [0.5, 0.6) is 0 Å². The Kier molecular flexibility index (Phi) is 4.74. The summed E-state index contributed by atoms with van der Waals surface area (Å²) in [5.74, 6) is -0.794. The maximum atomic E-state index is 12.6. The highest BCUT2D eigenvalue weighted by Crippen LogP contribution is 2.27. The van der Waals surface area contributed by atoms with Crippen LogP contribution in [0.3, 0.4) is 0 Å². The molecule has 4 nitrogen and oxygen atoms in total. The van der Waals surface area contributed by atoms with Crippen LogP contribution in [0.25, 0.3) is 0 Å². The van der Waals surface area contributed by atoms with Gasteiger partial charge in [-0.25, -0.2) is 13.6 Å². The van der Waals surface area contributed by atoms with Crippen molar-refractivity contribution in [2.75, 3.05) is 6.61 Å². The molecule has 1 rings (SSSR count). The van der Waals surface area contributed by atoms with Crippen LogP contribution in [0.4, 0.5) is 8.78 Å². The molecule has 0 bridgehead atoms. The molecule has 0 aliphatic heterocycles. The molecule has 0 aliphatic rings. The molecule has 1 heterocycles. The van der Waals surface area contributed by atoms with Crippen LogP contribution in [0.15, 0.2) is 6.20 Å². The van der Waals surface area contributed by atoms with Crippen molar-refractivity contribution >= 4 is 28.6 Å². The molecule has 90 valence electrons. The zero-order chi connectivity index (χ0) is 13.0. The second-order valence-corrected chi connectivity index (χ2v) is 3.96. The molecule has 7 heteroatoms. The second kappa shape index (κ2) is 5.86. The van der Waals surface area contributed by atoms with E-state index in [0.29, 0.717) is 0 Å². The van der Waals surface area contributed by atoms with Gasteiger partial charge in [-0.15, -0.1) is 0 Å². The lowest BCUT2D eigenvalue weighted by Crippen LogP contribution is -2.12. The molecule has 0 spiro atoms. The Hall–Kier alpha value is -1.30. The van der Waals surface area contributed by atoms with E-state index in [1.807, 2.05) is 0 Å². The average molecular weight is 352 g/mol. The van der Waals surface area contributed by atoms with Crippen molar-refractivity contribution in [3.8, 4) is 6.07 Å². The minimum atomic E-state index is -2.80. The van der Waals surface area contributed by atoms with Crippen LogP contribution >= 0.6 is 22.6 Å². The van der Waals surface area contributed by atoms with E-state index >= 15 is 0 Å². The molecular weight excluding hydrogens is 345 g/mol. The van der Waals surface area contributed by atoms with Gasteiger partial charge in [0.1, 0.15) is 11.8 Å². The van der Waals surface area contributed by atoms with E-state index in [1.165, 1.54) is 0 Å². The number of hydrogen-bond acceptors (Lipinski definition) is 4. The van der Waals surface area contributed by atoms with Crippen molar-refractivity contribution in [2.45, 2.75) is 13.3 Å². The van der Waals surface area contributed by atoms with Gasteiger partial charge in [0.05, 0.1) is 21.3 Å². The molecule has 0 saturated heterocycles. The van der Waals surface area contributed by atoms with Crippen molar-refractivity contribution in [3.63, 3.8) is 0 Å². The fraction of sp³-hybridized carbons (Fsp3) is 0.300. The van der Waals surface area contributed by atoms with E-state index in [2.05, 4.69) is 4.98 Å². The molecule has 0 aromatic carbocycles. The number of ether oxygens (including phenoxy) is 1. The van der Waals surface area contributed by atoms with Crippen LogP contribution < -0.4 is 0 Å². The molecule has 0 N–H and O–H groups in total. The predicted molar refractivity (Wildman–Crippen MR) is 62.6 cm³/mol. The number of nitrogens with zero attached hydrogens (tertiary/aromatic N) is 2. The molecule has 0 saturated carbocycles. The summed E-state index contributed by atoms with van der Waals surface area (Å²) in [5.41, 5.74) is -0.745. The zero-order valence-corrected chi connectivity index (χ0v) is 10.9. The number of pyridine rings is 1. The highest BCUT2D eigenvalue weighted by atomic mass is 127. The highest BCUT2D eigenvalue weighted by Gasteiger charge is 2.24. The number of hydrogen-bond donors (Lipinski definition) is 0. The molecule has 0 fully saturated rings. The van der Waals surface area contributed by atoms with Gasteiger partial charge in [-0.1, -0.05) is 0 Å². The topological polar surface area (TPSA) is 63.0 Å². The number of alkyl halides is 2. The number of rotatable bonds is 3. The van der Waals surface area contributed by atoms with Gasteiger partial charge in [0.25, 0.3) is 6.43 Å². The van der Waals surface area contributed by atoms with Crippen molar-refractivity contribution in [2.24, 2.45) is 0 Å². The summed E-state index contributed by atoms with van der Waals surface area (Å²) in [6, 6.07) is 1.73. The fourth-order valence-electron chi connectivity index (χ4n) is 1.14. The third-order valence-electron chi connectivity index (χ3n) is 1.85. The third-order valence-corrected chi connectivity index (χ3v) is 2.95. The number of halogens is 3. The summed E-state index contributed by atoms with van der Waals surface area (Å²) in [5, 5.41) is 8.80. The SMILES string of the molecule is CCOC(=O)c1c(C#N)cnc(C(F)F)c1I. The Morgan fingerprint density at radius 2 is 2.35 bits per heavy atom. The number of esters is 1. The summed E-state index contributed by atoms with van der Waals surface area (Å²) in [4.78, 5) is 15.0. The van der Waals surface area contributed by atoms with E-state index in [9.17, 15) is 13.6 Å². The molecule has 0 unspecified atom stereocenters. The molecule has 0 radical (unpaired) electrons. The van der Waals surface area contributed by atoms with Crippen LogP contribution in [-0.2, 0) is 4.74 Å². The first-order valence-corrected chi connectivity index (χ1v) is 5.64. The molecule has 0 amide bonds. The predicted octanol–water partition coefficient (Wildman–Crippen LogP) is 2.67. The van der Waals surface area contributed by atoms with Gasteiger partial charge in [0.15, 0.2) is 0 Å².